The Balaban J connectivity index is 1.90. The van der Waals surface area contributed by atoms with E-state index in [4.69, 9.17) is 5.73 Å². The largest absolute Gasteiger partial charge is 0.381 e. The molecule has 0 saturated heterocycles. The molecule has 0 bridgehead atoms. The highest BCUT2D eigenvalue weighted by molar-refractivity contribution is 6.12. The maximum atomic E-state index is 13.3. The molecular formula is C29H44N6O5. The first-order valence-corrected chi connectivity index (χ1v) is 14.0. The van der Waals surface area contributed by atoms with Gasteiger partial charge in [-0.15, -0.1) is 0 Å². The molecule has 0 aliphatic carbocycles. The van der Waals surface area contributed by atoms with E-state index >= 15 is 0 Å². The molecule has 220 valence electrons. The monoisotopic (exact) mass is 556 g/mol. The summed E-state index contributed by atoms with van der Waals surface area (Å²) in [5.41, 5.74) is 7.24. The SMILES string of the molecule is Cc1ccc(NC(C)[C@H](CCCNC(N)=O)NC(=O)[C@@H](NC(=O)CCCCCN2C(=O)C=CC2=O)C(C)C)cc1. The summed E-state index contributed by atoms with van der Waals surface area (Å²) in [6.07, 6.45) is 5.81. The van der Waals surface area contributed by atoms with Crippen LogP contribution in [0.5, 0.6) is 0 Å². The van der Waals surface area contributed by atoms with Gasteiger partial charge < -0.3 is 27.0 Å². The highest BCUT2D eigenvalue weighted by Crippen LogP contribution is 2.15. The van der Waals surface area contributed by atoms with Crippen LogP contribution in [0.4, 0.5) is 10.5 Å². The number of rotatable bonds is 17. The minimum absolute atomic E-state index is 0.131. The third kappa shape index (κ3) is 11.1. The molecule has 6 N–H and O–H groups in total. The molecule has 1 unspecified atom stereocenters. The van der Waals surface area contributed by atoms with E-state index in [2.05, 4.69) is 21.3 Å². The molecule has 1 aliphatic heterocycles. The second-order valence-corrected chi connectivity index (χ2v) is 10.6. The number of nitrogens with zero attached hydrogens (tertiary/aromatic N) is 1. The minimum Gasteiger partial charge on any atom is -0.381 e. The first-order chi connectivity index (χ1) is 19.0. The van der Waals surface area contributed by atoms with Gasteiger partial charge in [0, 0.05) is 49.4 Å². The van der Waals surface area contributed by atoms with E-state index < -0.39 is 12.1 Å². The zero-order valence-corrected chi connectivity index (χ0v) is 24.0. The summed E-state index contributed by atoms with van der Waals surface area (Å²) in [6.45, 7) is 8.47. The molecule has 6 amide bonds. The van der Waals surface area contributed by atoms with Gasteiger partial charge in [-0.3, -0.25) is 24.1 Å². The topological polar surface area (TPSA) is 163 Å². The van der Waals surface area contributed by atoms with Crippen molar-refractivity contribution in [3.63, 3.8) is 0 Å². The molecule has 40 heavy (non-hydrogen) atoms. The summed E-state index contributed by atoms with van der Waals surface area (Å²) in [4.78, 5) is 61.5. The fraction of sp³-hybridized carbons (Fsp3) is 0.552. The van der Waals surface area contributed by atoms with Crippen LogP contribution in [-0.4, -0.2) is 65.8 Å². The van der Waals surface area contributed by atoms with E-state index in [1.54, 1.807) is 0 Å². The first kappa shape index (κ1) is 32.3. The Labute approximate surface area is 236 Å². The fourth-order valence-corrected chi connectivity index (χ4v) is 4.43. The number of primary amides is 1. The van der Waals surface area contributed by atoms with Crippen molar-refractivity contribution in [2.24, 2.45) is 11.7 Å². The van der Waals surface area contributed by atoms with Crippen molar-refractivity contribution in [2.75, 3.05) is 18.4 Å². The van der Waals surface area contributed by atoms with Crippen LogP contribution in [-0.2, 0) is 19.2 Å². The molecule has 3 atom stereocenters. The number of imide groups is 1. The lowest BCUT2D eigenvalue weighted by Gasteiger charge is -2.30. The molecule has 1 aromatic carbocycles. The molecule has 0 saturated carbocycles. The number of unbranched alkanes of at least 4 members (excludes halogenated alkanes) is 2. The Hall–Kier alpha value is -3.89. The number of anilines is 1. The number of hydrogen-bond acceptors (Lipinski definition) is 6. The van der Waals surface area contributed by atoms with Crippen LogP contribution in [0.1, 0.15) is 64.9 Å². The van der Waals surface area contributed by atoms with Crippen molar-refractivity contribution in [3.8, 4) is 0 Å². The van der Waals surface area contributed by atoms with Crippen LogP contribution in [0.2, 0.25) is 0 Å². The first-order valence-electron chi connectivity index (χ1n) is 14.0. The van der Waals surface area contributed by atoms with Crippen LogP contribution >= 0.6 is 0 Å². The van der Waals surface area contributed by atoms with E-state index in [1.165, 1.54) is 17.1 Å². The van der Waals surface area contributed by atoms with Gasteiger partial charge >= 0.3 is 6.03 Å². The standard InChI is InChI=1S/C29H44N6O5/c1-19(2)27(34-24(36)10-6-5-7-18-35-25(37)15-16-26(35)38)28(39)33-23(9-8-17-31-29(30)40)21(4)32-22-13-11-20(3)12-14-22/h11-16,19,21,23,27,32H,5-10,17-18H2,1-4H3,(H,33,39)(H,34,36)(H3,30,31,40)/t21?,23-,27-/m0/s1. The van der Waals surface area contributed by atoms with Crippen molar-refractivity contribution in [3.05, 3.63) is 42.0 Å². The van der Waals surface area contributed by atoms with Gasteiger partial charge in [0.05, 0.1) is 0 Å². The number of nitrogens with one attached hydrogen (secondary N) is 4. The molecule has 0 radical (unpaired) electrons. The van der Waals surface area contributed by atoms with Crippen LogP contribution in [0, 0.1) is 12.8 Å². The summed E-state index contributed by atoms with van der Waals surface area (Å²) in [5.74, 6) is -1.25. The number of aryl methyl sites for hydroxylation is 1. The Morgan fingerprint density at radius 3 is 2.15 bits per heavy atom. The Morgan fingerprint density at radius 2 is 1.55 bits per heavy atom. The molecular weight excluding hydrogens is 512 g/mol. The highest BCUT2D eigenvalue weighted by Gasteiger charge is 2.28. The molecule has 1 heterocycles. The molecule has 0 spiro atoms. The second kappa shape index (κ2) is 16.3. The second-order valence-electron chi connectivity index (χ2n) is 10.6. The average molecular weight is 557 g/mol. The molecule has 11 nitrogen and oxygen atoms in total. The van der Waals surface area contributed by atoms with Crippen LogP contribution < -0.4 is 27.0 Å². The summed E-state index contributed by atoms with van der Waals surface area (Å²) in [7, 11) is 0. The van der Waals surface area contributed by atoms with E-state index in [0.29, 0.717) is 45.2 Å². The number of urea groups is 1. The fourth-order valence-electron chi connectivity index (χ4n) is 4.43. The van der Waals surface area contributed by atoms with Crippen LogP contribution in [0.25, 0.3) is 0 Å². The zero-order valence-electron chi connectivity index (χ0n) is 24.0. The predicted molar refractivity (Wildman–Crippen MR) is 154 cm³/mol. The lowest BCUT2D eigenvalue weighted by molar-refractivity contribution is -0.137. The van der Waals surface area contributed by atoms with E-state index in [-0.39, 0.29) is 48.1 Å². The minimum atomic E-state index is -0.712. The van der Waals surface area contributed by atoms with Crippen molar-refractivity contribution in [1.82, 2.24) is 20.9 Å². The van der Waals surface area contributed by atoms with Crippen molar-refractivity contribution < 1.29 is 24.0 Å². The summed E-state index contributed by atoms with van der Waals surface area (Å²) in [6, 6.07) is 6.27. The number of nitrogens with two attached hydrogens (primary N) is 1. The average Bonchev–Trinajstić information content (AvgIpc) is 3.21. The van der Waals surface area contributed by atoms with Crippen LogP contribution in [0.15, 0.2) is 36.4 Å². The number of hydrogen-bond donors (Lipinski definition) is 5. The predicted octanol–water partition coefficient (Wildman–Crippen LogP) is 2.35. The smallest absolute Gasteiger partial charge is 0.312 e. The molecule has 0 fully saturated rings. The zero-order chi connectivity index (χ0) is 29.7. The van der Waals surface area contributed by atoms with E-state index in [9.17, 15) is 24.0 Å². The molecule has 1 aromatic rings. The Kier molecular flexibility index (Phi) is 13.1. The molecule has 0 aromatic heterocycles. The van der Waals surface area contributed by atoms with Gasteiger partial charge in [0.1, 0.15) is 6.04 Å². The number of carbonyl (C=O) groups excluding carboxylic acids is 5. The van der Waals surface area contributed by atoms with Gasteiger partial charge in [-0.1, -0.05) is 38.0 Å². The number of amides is 6. The summed E-state index contributed by atoms with van der Waals surface area (Å²) >= 11 is 0. The summed E-state index contributed by atoms with van der Waals surface area (Å²) < 4.78 is 0. The van der Waals surface area contributed by atoms with E-state index in [0.717, 1.165) is 11.3 Å². The lowest BCUT2D eigenvalue weighted by Crippen LogP contribution is -2.55. The maximum absolute atomic E-state index is 13.3. The van der Waals surface area contributed by atoms with Crippen LogP contribution in [0.3, 0.4) is 0 Å². The van der Waals surface area contributed by atoms with Crippen molar-refractivity contribution in [1.29, 1.82) is 0 Å². The lowest BCUT2D eigenvalue weighted by atomic mass is 9.99. The third-order valence-electron chi connectivity index (χ3n) is 6.82. The Morgan fingerprint density at radius 1 is 0.900 bits per heavy atom. The van der Waals surface area contributed by atoms with Gasteiger partial charge in [-0.2, -0.15) is 0 Å². The highest BCUT2D eigenvalue weighted by atomic mass is 16.2. The quantitative estimate of drug-likeness (QED) is 0.146. The van der Waals surface area contributed by atoms with Gasteiger partial charge in [0.2, 0.25) is 11.8 Å². The van der Waals surface area contributed by atoms with Crippen molar-refractivity contribution in [2.45, 2.75) is 84.3 Å². The van der Waals surface area contributed by atoms with E-state index in [1.807, 2.05) is 52.0 Å². The van der Waals surface area contributed by atoms with Gasteiger partial charge in [0.15, 0.2) is 0 Å². The van der Waals surface area contributed by atoms with Crippen molar-refractivity contribution >= 4 is 35.3 Å². The number of carbonyl (C=O) groups is 5. The van der Waals surface area contributed by atoms with Gasteiger partial charge in [0.25, 0.3) is 11.8 Å². The normalized spacial score (nSPS) is 15.1. The molecule has 1 aliphatic rings. The summed E-state index contributed by atoms with van der Waals surface area (Å²) in [5, 5.41) is 12.0. The number of benzene rings is 1. The molecule has 11 heteroatoms. The Bertz CT molecular complexity index is 1040. The van der Waals surface area contributed by atoms with Gasteiger partial charge in [-0.05, 0) is 57.6 Å². The molecule has 2 rings (SSSR count). The van der Waals surface area contributed by atoms with Gasteiger partial charge in [-0.25, -0.2) is 4.79 Å². The maximum Gasteiger partial charge on any atom is 0.312 e. The third-order valence-corrected chi connectivity index (χ3v) is 6.82.